The molecule has 1 N–H and O–H groups in total. The molecule has 158 valence electrons. The van der Waals surface area contributed by atoms with Crippen molar-refractivity contribution < 1.29 is 9.53 Å². The minimum Gasteiger partial charge on any atom is -0.455 e. The van der Waals surface area contributed by atoms with Gasteiger partial charge in [-0.3, -0.25) is 4.79 Å². The Morgan fingerprint density at radius 3 is 2.44 bits per heavy atom. The van der Waals surface area contributed by atoms with Gasteiger partial charge < -0.3 is 10.1 Å². The van der Waals surface area contributed by atoms with Crippen molar-refractivity contribution in [3.05, 3.63) is 88.7 Å². The second-order valence-corrected chi connectivity index (χ2v) is 8.85. The predicted octanol–water partition coefficient (Wildman–Crippen LogP) is 6.69. The zero-order valence-electron chi connectivity index (χ0n) is 17.2. The Labute approximate surface area is 190 Å². The van der Waals surface area contributed by atoms with Crippen molar-refractivity contribution in [1.82, 2.24) is 9.97 Å². The summed E-state index contributed by atoms with van der Waals surface area (Å²) in [4.78, 5) is 22.8. The number of benzene rings is 3. The average Bonchev–Trinajstić information content (AvgIpc) is 3.42. The molecule has 1 fully saturated rings. The summed E-state index contributed by atoms with van der Waals surface area (Å²) in [5.41, 5.74) is 4.90. The van der Waals surface area contributed by atoms with Crippen molar-refractivity contribution in [2.75, 3.05) is 5.32 Å². The summed E-state index contributed by atoms with van der Waals surface area (Å²) in [6.45, 7) is 0. The molecule has 0 spiro atoms. The monoisotopic (exact) mass is 441 g/mol. The summed E-state index contributed by atoms with van der Waals surface area (Å²) in [7, 11) is 0. The van der Waals surface area contributed by atoms with E-state index in [1.807, 2.05) is 42.5 Å². The van der Waals surface area contributed by atoms with E-state index in [2.05, 4.69) is 5.32 Å². The van der Waals surface area contributed by atoms with Crippen LogP contribution in [0.4, 0.5) is 5.69 Å². The molecule has 0 aliphatic heterocycles. The number of carbonyl (C=O) groups is 1. The molecule has 1 aromatic heterocycles. The number of halogens is 1. The highest BCUT2D eigenvalue weighted by Gasteiger charge is 2.39. The van der Waals surface area contributed by atoms with E-state index in [9.17, 15) is 4.79 Å². The lowest BCUT2D eigenvalue weighted by Gasteiger charge is -2.15. The topological polar surface area (TPSA) is 64.1 Å². The van der Waals surface area contributed by atoms with Crippen LogP contribution in [0.15, 0.2) is 66.7 Å². The molecule has 0 saturated heterocycles. The summed E-state index contributed by atoms with van der Waals surface area (Å²) in [5.74, 6) is 2.02. The largest absolute Gasteiger partial charge is 0.455 e. The number of hydrogen-bond donors (Lipinski definition) is 1. The van der Waals surface area contributed by atoms with Gasteiger partial charge in [0, 0.05) is 22.4 Å². The summed E-state index contributed by atoms with van der Waals surface area (Å²) in [6.07, 6.45) is 3.57. The summed E-state index contributed by atoms with van der Waals surface area (Å²) in [5, 5.41) is 3.45. The number of anilines is 1. The molecule has 1 saturated carbocycles. The molecule has 2 aliphatic rings. The molecule has 1 heterocycles. The second kappa shape index (κ2) is 7.61. The summed E-state index contributed by atoms with van der Waals surface area (Å²) in [6, 6.07) is 20.0. The zero-order chi connectivity index (χ0) is 21.7. The average molecular weight is 442 g/mol. The van der Waals surface area contributed by atoms with Gasteiger partial charge in [-0.25, -0.2) is 9.97 Å². The van der Waals surface area contributed by atoms with E-state index < -0.39 is 0 Å². The SMILES string of the molecule is O=C(Nc1cc(Cl)ccc1Oc1ccccc1)c1ccc2nc3c(nc2c1)C1CCC3C1. The lowest BCUT2D eigenvalue weighted by Crippen LogP contribution is -2.13. The van der Waals surface area contributed by atoms with Gasteiger partial charge in [-0.2, -0.15) is 0 Å². The molecular weight excluding hydrogens is 422 g/mol. The maximum atomic E-state index is 13.1. The number of nitrogens with zero attached hydrogens (tertiary/aromatic N) is 2. The molecule has 0 radical (unpaired) electrons. The first kappa shape index (κ1) is 19.3. The van der Waals surface area contributed by atoms with Crippen LogP contribution in [0.1, 0.15) is 52.8 Å². The van der Waals surface area contributed by atoms with E-state index >= 15 is 0 Å². The standard InChI is InChI=1S/C26H20ClN3O2/c27-18-9-11-23(32-19-4-2-1-3-5-19)22(14-18)30-26(31)17-8-10-20-21(13-17)29-25-16-7-6-15(12-16)24(25)28-20/h1-5,8-11,13-16H,6-7,12H2,(H,30,31). The van der Waals surface area contributed by atoms with Crippen LogP contribution in [0, 0.1) is 0 Å². The first-order valence-electron chi connectivity index (χ1n) is 10.8. The minimum atomic E-state index is -0.254. The Kier molecular flexibility index (Phi) is 4.58. The van der Waals surface area contributed by atoms with Gasteiger partial charge in [0.15, 0.2) is 5.75 Å². The van der Waals surface area contributed by atoms with E-state index in [4.69, 9.17) is 26.3 Å². The van der Waals surface area contributed by atoms with Crippen molar-refractivity contribution in [3.63, 3.8) is 0 Å². The highest BCUT2D eigenvalue weighted by atomic mass is 35.5. The lowest BCUT2D eigenvalue weighted by molar-refractivity contribution is 0.102. The molecular formula is C26H20ClN3O2. The van der Waals surface area contributed by atoms with Crippen LogP contribution in [0.25, 0.3) is 11.0 Å². The van der Waals surface area contributed by atoms with Crippen LogP contribution in [0.2, 0.25) is 5.02 Å². The maximum absolute atomic E-state index is 13.1. The lowest BCUT2D eigenvalue weighted by atomic mass is 10.00. The van der Waals surface area contributed by atoms with Crippen molar-refractivity contribution >= 4 is 34.2 Å². The quantitative estimate of drug-likeness (QED) is 0.383. The Morgan fingerprint density at radius 1 is 0.906 bits per heavy atom. The minimum absolute atomic E-state index is 0.254. The number of nitrogens with one attached hydrogen (secondary N) is 1. The van der Waals surface area contributed by atoms with E-state index in [-0.39, 0.29) is 5.91 Å². The van der Waals surface area contributed by atoms with Gasteiger partial charge in [-0.15, -0.1) is 0 Å². The van der Waals surface area contributed by atoms with Crippen LogP contribution in [-0.2, 0) is 0 Å². The van der Waals surface area contributed by atoms with Gasteiger partial charge in [-0.1, -0.05) is 29.8 Å². The first-order chi connectivity index (χ1) is 15.6. The van der Waals surface area contributed by atoms with Gasteiger partial charge in [0.2, 0.25) is 0 Å². The van der Waals surface area contributed by atoms with Crippen molar-refractivity contribution in [3.8, 4) is 11.5 Å². The highest BCUT2D eigenvalue weighted by Crippen LogP contribution is 2.51. The molecule has 6 rings (SSSR count). The number of hydrogen-bond acceptors (Lipinski definition) is 4. The summed E-state index contributed by atoms with van der Waals surface area (Å²) < 4.78 is 5.95. The van der Waals surface area contributed by atoms with Crippen LogP contribution in [0.5, 0.6) is 11.5 Å². The van der Waals surface area contributed by atoms with E-state index in [0.29, 0.717) is 39.6 Å². The molecule has 2 atom stereocenters. The van der Waals surface area contributed by atoms with Gasteiger partial charge >= 0.3 is 0 Å². The maximum Gasteiger partial charge on any atom is 0.255 e. The van der Waals surface area contributed by atoms with Crippen molar-refractivity contribution in [2.45, 2.75) is 31.1 Å². The fraction of sp³-hybridized carbons (Fsp3) is 0.192. The molecule has 2 aliphatic carbocycles. The van der Waals surface area contributed by atoms with Gasteiger partial charge in [0.25, 0.3) is 5.91 Å². The van der Waals surface area contributed by atoms with Crippen LogP contribution in [0.3, 0.4) is 0 Å². The predicted molar refractivity (Wildman–Crippen MR) is 125 cm³/mol. The zero-order valence-corrected chi connectivity index (χ0v) is 18.0. The third-order valence-electron chi connectivity index (χ3n) is 6.35. The Balaban J connectivity index is 1.30. The number of fused-ring (bicyclic) bond motifs is 6. The molecule has 6 heteroatoms. The Hall–Kier alpha value is -3.44. The molecule has 2 bridgehead atoms. The molecule has 3 aromatic carbocycles. The highest BCUT2D eigenvalue weighted by molar-refractivity contribution is 6.31. The van der Waals surface area contributed by atoms with Crippen LogP contribution >= 0.6 is 11.6 Å². The fourth-order valence-electron chi connectivity index (χ4n) is 4.80. The second-order valence-electron chi connectivity index (χ2n) is 8.41. The first-order valence-corrected chi connectivity index (χ1v) is 11.2. The Bertz CT molecular complexity index is 1360. The number of ether oxygens (including phenoxy) is 1. The third kappa shape index (κ3) is 3.39. The van der Waals surface area contributed by atoms with Crippen LogP contribution < -0.4 is 10.1 Å². The Morgan fingerprint density at radius 2 is 1.66 bits per heavy atom. The van der Waals surface area contributed by atoms with Gasteiger partial charge in [0.1, 0.15) is 5.75 Å². The fourth-order valence-corrected chi connectivity index (χ4v) is 4.97. The molecule has 1 amide bonds. The van der Waals surface area contributed by atoms with Crippen LogP contribution in [-0.4, -0.2) is 15.9 Å². The number of rotatable bonds is 4. The van der Waals surface area contributed by atoms with E-state index in [1.165, 1.54) is 12.8 Å². The smallest absolute Gasteiger partial charge is 0.255 e. The molecule has 4 aromatic rings. The number of carbonyl (C=O) groups excluding carboxylic acids is 1. The number of amides is 1. The van der Waals surface area contributed by atoms with E-state index in [0.717, 1.165) is 28.8 Å². The van der Waals surface area contributed by atoms with E-state index in [1.54, 1.807) is 24.3 Å². The van der Waals surface area contributed by atoms with Crippen molar-refractivity contribution in [2.24, 2.45) is 0 Å². The third-order valence-corrected chi connectivity index (χ3v) is 6.58. The van der Waals surface area contributed by atoms with Crippen molar-refractivity contribution in [1.29, 1.82) is 0 Å². The van der Waals surface area contributed by atoms with Gasteiger partial charge in [0.05, 0.1) is 28.1 Å². The molecule has 32 heavy (non-hydrogen) atoms. The molecule has 5 nitrogen and oxygen atoms in total. The number of aromatic nitrogens is 2. The number of para-hydroxylation sites is 1. The summed E-state index contributed by atoms with van der Waals surface area (Å²) >= 11 is 6.19. The normalized spacial score (nSPS) is 18.5. The van der Waals surface area contributed by atoms with Gasteiger partial charge in [-0.05, 0) is 67.8 Å². The molecule has 2 unspecified atom stereocenters.